The topological polar surface area (TPSA) is 83.3 Å². The van der Waals surface area contributed by atoms with Gasteiger partial charge in [0.05, 0.1) is 28.5 Å². The Morgan fingerprint density at radius 1 is 1.13 bits per heavy atom. The molecular formula is C22H21N3O3S2. The molecule has 1 aromatic heterocycles. The van der Waals surface area contributed by atoms with Crippen molar-refractivity contribution >= 4 is 26.3 Å². The van der Waals surface area contributed by atoms with Crippen LogP contribution in [0, 0.1) is 11.3 Å². The van der Waals surface area contributed by atoms with E-state index >= 15 is 0 Å². The van der Waals surface area contributed by atoms with Crippen LogP contribution in [0.2, 0.25) is 0 Å². The standard InChI is InChI=1S/C22H21N3O3S2/c1-28-18-8-6-16(7-9-18)20-15-29-22(24-20)25-12-10-19(11-13-25)30(26,27)21-5-3-2-4-17(21)14-23/h2-9,15,19H,10-13H2,1H3. The summed E-state index contributed by atoms with van der Waals surface area (Å²) in [4.78, 5) is 7.02. The predicted molar refractivity (Wildman–Crippen MR) is 118 cm³/mol. The van der Waals surface area contributed by atoms with Gasteiger partial charge >= 0.3 is 0 Å². The number of piperidine rings is 1. The van der Waals surface area contributed by atoms with Crippen LogP contribution in [0.25, 0.3) is 11.3 Å². The summed E-state index contributed by atoms with van der Waals surface area (Å²) >= 11 is 1.56. The zero-order valence-electron chi connectivity index (χ0n) is 16.5. The van der Waals surface area contributed by atoms with Gasteiger partial charge in [0.25, 0.3) is 0 Å². The third-order valence-corrected chi connectivity index (χ3v) is 8.56. The van der Waals surface area contributed by atoms with Crippen molar-refractivity contribution in [1.29, 1.82) is 5.26 Å². The molecule has 0 bridgehead atoms. The van der Waals surface area contributed by atoms with Gasteiger partial charge in [0.1, 0.15) is 11.8 Å². The first-order valence-corrected chi connectivity index (χ1v) is 12.0. The van der Waals surface area contributed by atoms with Gasteiger partial charge in [-0.25, -0.2) is 13.4 Å². The van der Waals surface area contributed by atoms with E-state index in [0.29, 0.717) is 25.9 Å². The van der Waals surface area contributed by atoms with Crippen LogP contribution in [0.5, 0.6) is 5.75 Å². The minimum absolute atomic E-state index is 0.141. The van der Waals surface area contributed by atoms with E-state index in [4.69, 9.17) is 9.72 Å². The maximum absolute atomic E-state index is 13.1. The van der Waals surface area contributed by atoms with Crippen LogP contribution in [-0.4, -0.2) is 38.9 Å². The van der Waals surface area contributed by atoms with Gasteiger partial charge < -0.3 is 9.64 Å². The monoisotopic (exact) mass is 439 g/mol. The minimum Gasteiger partial charge on any atom is -0.497 e. The van der Waals surface area contributed by atoms with Crippen molar-refractivity contribution in [2.75, 3.05) is 25.1 Å². The van der Waals surface area contributed by atoms with Crippen LogP contribution in [0.1, 0.15) is 18.4 Å². The van der Waals surface area contributed by atoms with Crippen molar-refractivity contribution < 1.29 is 13.2 Å². The van der Waals surface area contributed by atoms with E-state index in [1.54, 1.807) is 36.6 Å². The number of aromatic nitrogens is 1. The number of ether oxygens (including phenoxy) is 1. The Morgan fingerprint density at radius 2 is 1.83 bits per heavy atom. The Hall–Kier alpha value is -2.89. The predicted octanol–water partition coefficient (Wildman–Crippen LogP) is 4.13. The molecule has 4 rings (SSSR count). The van der Waals surface area contributed by atoms with Gasteiger partial charge in [0, 0.05) is 24.0 Å². The molecule has 1 fully saturated rings. The van der Waals surface area contributed by atoms with E-state index in [1.807, 2.05) is 35.7 Å². The first kappa shape index (κ1) is 20.4. The van der Waals surface area contributed by atoms with E-state index in [2.05, 4.69) is 4.90 Å². The van der Waals surface area contributed by atoms with E-state index in [1.165, 1.54) is 6.07 Å². The second kappa shape index (κ2) is 8.46. The summed E-state index contributed by atoms with van der Waals surface area (Å²) in [6, 6.07) is 16.2. The molecule has 0 unspecified atom stereocenters. The number of benzene rings is 2. The molecule has 0 N–H and O–H groups in total. The van der Waals surface area contributed by atoms with Crippen LogP contribution in [-0.2, 0) is 9.84 Å². The average Bonchev–Trinajstić information content (AvgIpc) is 3.29. The Morgan fingerprint density at radius 3 is 2.50 bits per heavy atom. The minimum atomic E-state index is -3.53. The number of methoxy groups -OCH3 is 1. The molecule has 1 saturated heterocycles. The summed E-state index contributed by atoms with van der Waals surface area (Å²) in [6.45, 7) is 1.24. The number of nitrogens with zero attached hydrogens (tertiary/aromatic N) is 3. The first-order valence-electron chi connectivity index (χ1n) is 9.61. The van der Waals surface area contributed by atoms with Crippen LogP contribution >= 0.6 is 11.3 Å². The van der Waals surface area contributed by atoms with Gasteiger partial charge in [-0.1, -0.05) is 12.1 Å². The summed E-state index contributed by atoms with van der Waals surface area (Å²) in [5.74, 6) is 0.801. The molecule has 8 heteroatoms. The lowest BCUT2D eigenvalue weighted by atomic mass is 10.1. The van der Waals surface area contributed by atoms with Crippen molar-refractivity contribution in [1.82, 2.24) is 4.98 Å². The number of hydrogen-bond donors (Lipinski definition) is 0. The number of rotatable bonds is 5. The number of sulfone groups is 1. The van der Waals surface area contributed by atoms with E-state index in [9.17, 15) is 13.7 Å². The highest BCUT2D eigenvalue weighted by Crippen LogP contribution is 2.32. The first-order chi connectivity index (χ1) is 14.5. The fourth-order valence-corrected chi connectivity index (χ4v) is 6.42. The van der Waals surface area contributed by atoms with Gasteiger partial charge in [-0.3, -0.25) is 0 Å². The number of hydrogen-bond acceptors (Lipinski definition) is 7. The zero-order valence-corrected chi connectivity index (χ0v) is 18.1. The van der Waals surface area contributed by atoms with E-state index in [0.717, 1.165) is 22.1 Å². The van der Waals surface area contributed by atoms with Crippen molar-refractivity contribution in [3.63, 3.8) is 0 Å². The van der Waals surface area contributed by atoms with Crippen LogP contribution < -0.4 is 9.64 Å². The lowest BCUT2D eigenvalue weighted by Gasteiger charge is -2.31. The molecular weight excluding hydrogens is 418 g/mol. The third-order valence-electron chi connectivity index (χ3n) is 5.34. The molecule has 6 nitrogen and oxygen atoms in total. The highest BCUT2D eigenvalue weighted by atomic mass is 32.2. The maximum Gasteiger partial charge on any atom is 0.185 e. The number of anilines is 1. The third kappa shape index (κ3) is 3.91. The zero-order chi connectivity index (χ0) is 21.1. The molecule has 30 heavy (non-hydrogen) atoms. The summed E-state index contributed by atoms with van der Waals surface area (Å²) in [5.41, 5.74) is 2.13. The SMILES string of the molecule is COc1ccc(-c2csc(N3CCC(S(=O)(=O)c4ccccc4C#N)CC3)n2)cc1. The van der Waals surface area contributed by atoms with Crippen molar-refractivity contribution in [3.8, 4) is 23.1 Å². The smallest absolute Gasteiger partial charge is 0.185 e. The normalized spacial score (nSPS) is 15.0. The average molecular weight is 440 g/mol. The largest absolute Gasteiger partial charge is 0.497 e. The van der Waals surface area contributed by atoms with Crippen molar-refractivity contribution in [2.45, 2.75) is 23.0 Å². The molecule has 0 amide bonds. The summed E-state index contributed by atoms with van der Waals surface area (Å²) in [7, 11) is -1.90. The summed E-state index contributed by atoms with van der Waals surface area (Å²) in [5, 5.41) is 11.7. The number of nitriles is 1. The van der Waals surface area contributed by atoms with E-state index < -0.39 is 15.1 Å². The molecule has 2 aromatic carbocycles. The van der Waals surface area contributed by atoms with Gasteiger partial charge in [-0.2, -0.15) is 5.26 Å². The molecule has 0 saturated carbocycles. The molecule has 0 atom stereocenters. The quantitative estimate of drug-likeness (QED) is 0.594. The lowest BCUT2D eigenvalue weighted by molar-refractivity contribution is 0.415. The molecule has 1 aliphatic rings. The van der Waals surface area contributed by atoms with Gasteiger partial charge in [0.15, 0.2) is 15.0 Å². The lowest BCUT2D eigenvalue weighted by Crippen LogP contribution is -2.39. The fourth-order valence-electron chi connectivity index (χ4n) is 3.65. The molecule has 3 aromatic rings. The Labute approximate surface area is 180 Å². The molecule has 1 aliphatic heterocycles. The Bertz CT molecular complexity index is 1170. The van der Waals surface area contributed by atoms with Gasteiger partial charge in [0.2, 0.25) is 0 Å². The van der Waals surface area contributed by atoms with Crippen LogP contribution in [0.4, 0.5) is 5.13 Å². The maximum atomic E-state index is 13.1. The number of thiazole rings is 1. The highest BCUT2D eigenvalue weighted by molar-refractivity contribution is 7.92. The van der Waals surface area contributed by atoms with Crippen LogP contribution in [0.3, 0.4) is 0 Å². The molecule has 2 heterocycles. The van der Waals surface area contributed by atoms with Crippen molar-refractivity contribution in [3.05, 3.63) is 59.5 Å². The molecule has 0 spiro atoms. The summed E-state index contributed by atoms with van der Waals surface area (Å²) in [6.07, 6.45) is 1.03. The molecule has 0 aliphatic carbocycles. The van der Waals surface area contributed by atoms with Crippen LogP contribution in [0.15, 0.2) is 58.8 Å². The molecule has 154 valence electrons. The fraction of sp³-hybridized carbons (Fsp3) is 0.273. The second-order valence-corrected chi connectivity index (χ2v) is 10.1. The van der Waals surface area contributed by atoms with E-state index in [-0.39, 0.29) is 10.5 Å². The molecule has 0 radical (unpaired) electrons. The van der Waals surface area contributed by atoms with Gasteiger partial charge in [-0.05, 0) is 49.2 Å². The Balaban J connectivity index is 1.46. The Kier molecular flexibility index (Phi) is 5.75. The summed E-state index contributed by atoms with van der Waals surface area (Å²) < 4.78 is 31.3. The van der Waals surface area contributed by atoms with Crippen molar-refractivity contribution in [2.24, 2.45) is 0 Å². The highest BCUT2D eigenvalue weighted by Gasteiger charge is 2.33. The van der Waals surface area contributed by atoms with Gasteiger partial charge in [-0.15, -0.1) is 11.3 Å². The second-order valence-electron chi connectivity index (χ2n) is 7.08.